The van der Waals surface area contributed by atoms with Crippen molar-refractivity contribution in [1.29, 1.82) is 0 Å². The third kappa shape index (κ3) is 5.60. The second-order valence-electron chi connectivity index (χ2n) is 5.65. The predicted octanol–water partition coefficient (Wildman–Crippen LogP) is 3.12. The Hall–Kier alpha value is -3.39. The first-order chi connectivity index (χ1) is 12.6. The number of terminal acetylenes is 1. The molecule has 0 spiro atoms. The van der Waals surface area contributed by atoms with E-state index in [0.29, 0.717) is 13.1 Å². The molecule has 0 saturated carbocycles. The summed E-state index contributed by atoms with van der Waals surface area (Å²) in [4.78, 5) is 8.44. The third-order valence-electron chi connectivity index (χ3n) is 3.70. The Labute approximate surface area is 155 Å². The van der Waals surface area contributed by atoms with Gasteiger partial charge >= 0.3 is 0 Å². The van der Waals surface area contributed by atoms with E-state index in [4.69, 9.17) is 6.42 Å². The Morgan fingerprint density at radius 1 is 1.46 bits per heavy atom. The highest BCUT2D eigenvalue weighted by atomic mass is 15.3. The minimum atomic E-state index is 0.597. The zero-order chi connectivity index (χ0) is 18.8. The van der Waals surface area contributed by atoms with Crippen molar-refractivity contribution in [3.8, 4) is 12.3 Å². The van der Waals surface area contributed by atoms with Crippen LogP contribution in [0.2, 0.25) is 0 Å². The van der Waals surface area contributed by atoms with Crippen LogP contribution in [0.15, 0.2) is 82.3 Å². The van der Waals surface area contributed by atoms with Crippen LogP contribution in [0.25, 0.3) is 0 Å². The van der Waals surface area contributed by atoms with Gasteiger partial charge in [-0.3, -0.25) is 9.98 Å². The largest absolute Gasteiger partial charge is 0.379 e. The van der Waals surface area contributed by atoms with Gasteiger partial charge in [0.2, 0.25) is 0 Å². The molecule has 0 saturated heterocycles. The van der Waals surface area contributed by atoms with Crippen molar-refractivity contribution in [1.82, 2.24) is 15.7 Å². The standard InChI is InChI=1S/C21H23N5/c1-5-16(3)21(24-15-19-9-7-8-12-23-19)13-18-14-25-26-20(18)11-10-17(4)22-6-2/h1,6-13,24-25H,2,14-15H2,3-4H3/b11-10+,18-13+,21-16+,22-17?. The summed E-state index contributed by atoms with van der Waals surface area (Å²) in [7, 11) is 0. The molecule has 0 amide bonds. The van der Waals surface area contributed by atoms with Crippen molar-refractivity contribution in [2.45, 2.75) is 20.4 Å². The number of hydrogen-bond donors (Lipinski definition) is 2. The van der Waals surface area contributed by atoms with Crippen LogP contribution in [0.1, 0.15) is 19.5 Å². The van der Waals surface area contributed by atoms with E-state index in [-0.39, 0.29) is 0 Å². The Bertz CT molecular complexity index is 833. The van der Waals surface area contributed by atoms with Crippen LogP contribution in [0, 0.1) is 12.3 Å². The Kier molecular flexibility index (Phi) is 7.14. The molecule has 0 aliphatic carbocycles. The summed E-state index contributed by atoms with van der Waals surface area (Å²) in [5.74, 6) is 2.70. The van der Waals surface area contributed by atoms with E-state index in [0.717, 1.165) is 34.0 Å². The lowest BCUT2D eigenvalue weighted by Crippen LogP contribution is -2.15. The van der Waals surface area contributed by atoms with E-state index >= 15 is 0 Å². The van der Waals surface area contributed by atoms with Crippen LogP contribution < -0.4 is 10.7 Å². The van der Waals surface area contributed by atoms with E-state index in [1.54, 1.807) is 6.20 Å². The van der Waals surface area contributed by atoms with E-state index in [1.807, 2.05) is 50.3 Å². The molecule has 2 heterocycles. The number of pyridine rings is 1. The molecule has 5 heteroatoms. The van der Waals surface area contributed by atoms with Crippen molar-refractivity contribution in [3.63, 3.8) is 0 Å². The second kappa shape index (κ2) is 9.80. The molecule has 0 fully saturated rings. The molecule has 132 valence electrons. The summed E-state index contributed by atoms with van der Waals surface area (Å²) < 4.78 is 0. The lowest BCUT2D eigenvalue weighted by atomic mass is 10.1. The van der Waals surface area contributed by atoms with Gasteiger partial charge in [-0.2, -0.15) is 5.10 Å². The Balaban J connectivity index is 2.18. The smallest absolute Gasteiger partial charge is 0.0881 e. The first-order valence-electron chi connectivity index (χ1n) is 8.30. The topological polar surface area (TPSA) is 61.7 Å². The average Bonchev–Trinajstić information content (AvgIpc) is 3.11. The number of allylic oxidation sites excluding steroid dienone is 4. The SMILES string of the molecule is C#C/C(C)=C(\C=C1/CNN=C1/C=C/C(C)=NC=C)NCc1ccccn1. The minimum absolute atomic E-state index is 0.597. The van der Waals surface area contributed by atoms with Gasteiger partial charge in [0.25, 0.3) is 0 Å². The van der Waals surface area contributed by atoms with Crippen LogP contribution in [-0.4, -0.2) is 23.0 Å². The van der Waals surface area contributed by atoms with Gasteiger partial charge in [0.1, 0.15) is 0 Å². The number of nitrogens with one attached hydrogen (secondary N) is 2. The van der Waals surface area contributed by atoms with Crippen LogP contribution >= 0.6 is 0 Å². The highest BCUT2D eigenvalue weighted by molar-refractivity contribution is 6.12. The van der Waals surface area contributed by atoms with Crippen LogP contribution in [0.4, 0.5) is 0 Å². The van der Waals surface area contributed by atoms with Crippen molar-refractivity contribution in [2.24, 2.45) is 10.1 Å². The van der Waals surface area contributed by atoms with Crippen molar-refractivity contribution in [3.05, 3.63) is 77.9 Å². The molecule has 2 rings (SSSR count). The predicted molar refractivity (Wildman–Crippen MR) is 109 cm³/mol. The van der Waals surface area contributed by atoms with Gasteiger partial charge in [0.05, 0.1) is 24.5 Å². The highest BCUT2D eigenvalue weighted by Crippen LogP contribution is 2.12. The lowest BCUT2D eigenvalue weighted by molar-refractivity contribution is 0.796. The van der Waals surface area contributed by atoms with E-state index in [9.17, 15) is 0 Å². The monoisotopic (exact) mass is 345 g/mol. The number of hydrogen-bond acceptors (Lipinski definition) is 5. The second-order valence-corrected chi connectivity index (χ2v) is 5.65. The van der Waals surface area contributed by atoms with Gasteiger partial charge in [-0.1, -0.05) is 18.6 Å². The number of nitrogens with zero attached hydrogens (tertiary/aromatic N) is 3. The quantitative estimate of drug-likeness (QED) is 0.589. The zero-order valence-corrected chi connectivity index (χ0v) is 15.2. The number of rotatable bonds is 7. The molecular formula is C21H23N5. The molecule has 0 bridgehead atoms. The molecule has 0 unspecified atom stereocenters. The first-order valence-corrected chi connectivity index (χ1v) is 8.30. The summed E-state index contributed by atoms with van der Waals surface area (Å²) in [6.45, 7) is 8.66. The summed E-state index contributed by atoms with van der Waals surface area (Å²) in [5.41, 5.74) is 8.42. The molecule has 2 N–H and O–H groups in total. The Morgan fingerprint density at radius 2 is 2.31 bits per heavy atom. The highest BCUT2D eigenvalue weighted by Gasteiger charge is 2.12. The fraction of sp³-hybridized carbons (Fsp3) is 0.190. The zero-order valence-electron chi connectivity index (χ0n) is 15.2. The molecule has 5 nitrogen and oxygen atoms in total. The van der Waals surface area contributed by atoms with Gasteiger partial charge in [-0.05, 0) is 44.2 Å². The maximum atomic E-state index is 5.60. The van der Waals surface area contributed by atoms with Gasteiger partial charge in [-0.25, -0.2) is 0 Å². The van der Waals surface area contributed by atoms with Gasteiger partial charge in [0, 0.05) is 35.0 Å². The van der Waals surface area contributed by atoms with E-state index in [2.05, 4.69) is 38.3 Å². The van der Waals surface area contributed by atoms with Crippen LogP contribution in [-0.2, 0) is 6.54 Å². The number of hydrazone groups is 1. The molecule has 1 aliphatic rings. The van der Waals surface area contributed by atoms with E-state index < -0.39 is 0 Å². The average molecular weight is 345 g/mol. The van der Waals surface area contributed by atoms with Crippen molar-refractivity contribution < 1.29 is 0 Å². The lowest BCUT2D eigenvalue weighted by Gasteiger charge is -2.10. The van der Waals surface area contributed by atoms with Gasteiger partial charge in [0.15, 0.2) is 0 Å². The van der Waals surface area contributed by atoms with Crippen molar-refractivity contribution in [2.75, 3.05) is 6.54 Å². The first kappa shape index (κ1) is 18.9. The molecular weight excluding hydrogens is 322 g/mol. The number of aliphatic imine (C=N–C) groups is 1. The maximum Gasteiger partial charge on any atom is 0.0881 e. The minimum Gasteiger partial charge on any atom is -0.379 e. The number of aromatic nitrogens is 1. The fourth-order valence-corrected chi connectivity index (χ4v) is 2.26. The summed E-state index contributed by atoms with van der Waals surface area (Å²) in [6, 6.07) is 5.83. The molecule has 1 aliphatic heterocycles. The molecule has 0 radical (unpaired) electrons. The van der Waals surface area contributed by atoms with Crippen LogP contribution in [0.5, 0.6) is 0 Å². The molecule has 26 heavy (non-hydrogen) atoms. The summed E-state index contributed by atoms with van der Waals surface area (Å²) in [6.07, 6.45) is 14.8. The molecule has 1 aromatic rings. The maximum absolute atomic E-state index is 5.60. The third-order valence-corrected chi connectivity index (χ3v) is 3.70. The van der Waals surface area contributed by atoms with Gasteiger partial charge in [-0.15, -0.1) is 6.42 Å². The van der Waals surface area contributed by atoms with Crippen LogP contribution in [0.3, 0.4) is 0 Å². The summed E-state index contributed by atoms with van der Waals surface area (Å²) in [5, 5.41) is 7.70. The van der Waals surface area contributed by atoms with Gasteiger partial charge < -0.3 is 10.7 Å². The van der Waals surface area contributed by atoms with E-state index in [1.165, 1.54) is 6.20 Å². The molecule has 0 aromatic carbocycles. The fourth-order valence-electron chi connectivity index (χ4n) is 2.26. The Morgan fingerprint density at radius 3 is 3.00 bits per heavy atom. The molecule has 0 atom stereocenters. The molecule has 1 aromatic heterocycles. The normalized spacial score (nSPS) is 16.7. The van der Waals surface area contributed by atoms with Crippen molar-refractivity contribution >= 4 is 11.4 Å². The summed E-state index contributed by atoms with van der Waals surface area (Å²) >= 11 is 0.